The van der Waals surface area contributed by atoms with Crippen LogP contribution in [0.25, 0.3) is 0 Å². The molecule has 1 N–H and O–H groups in total. The number of aromatic nitrogens is 1. The van der Waals surface area contributed by atoms with E-state index in [4.69, 9.17) is 0 Å². The van der Waals surface area contributed by atoms with Crippen molar-refractivity contribution < 1.29 is 9.50 Å². The highest BCUT2D eigenvalue weighted by atomic mass is 19.1. The van der Waals surface area contributed by atoms with E-state index in [0.29, 0.717) is 5.56 Å². The van der Waals surface area contributed by atoms with Crippen LogP contribution in [-0.4, -0.2) is 17.1 Å². The number of rotatable bonds is 4. The molecule has 106 valence electrons. The fraction of sp³-hybridized carbons (Fsp3) is 0.312. The third-order valence-corrected chi connectivity index (χ3v) is 3.55. The standard InChI is InChI=1S/C16H19FN2O/c1-11(14-6-4-5-7-15(14)17)19(3)16-9-8-13(10-18-16)12(2)20/h4-12,20H,1-3H3/t11?,12-/m1/s1. The summed E-state index contributed by atoms with van der Waals surface area (Å²) >= 11 is 0. The van der Waals surface area contributed by atoms with Crippen molar-refractivity contribution in [3.8, 4) is 0 Å². The first-order valence-electron chi connectivity index (χ1n) is 6.62. The molecule has 0 amide bonds. The molecule has 1 heterocycles. The van der Waals surface area contributed by atoms with Crippen LogP contribution in [0.5, 0.6) is 0 Å². The van der Waals surface area contributed by atoms with E-state index in [0.717, 1.165) is 11.4 Å². The molecule has 0 radical (unpaired) electrons. The van der Waals surface area contributed by atoms with Crippen molar-refractivity contribution in [1.29, 1.82) is 0 Å². The van der Waals surface area contributed by atoms with Gasteiger partial charge >= 0.3 is 0 Å². The average Bonchev–Trinajstić information content (AvgIpc) is 2.46. The van der Waals surface area contributed by atoms with Gasteiger partial charge in [0.15, 0.2) is 0 Å². The van der Waals surface area contributed by atoms with Crippen LogP contribution in [0.1, 0.15) is 37.1 Å². The van der Waals surface area contributed by atoms with Gasteiger partial charge < -0.3 is 10.0 Å². The smallest absolute Gasteiger partial charge is 0.128 e. The monoisotopic (exact) mass is 274 g/mol. The Hall–Kier alpha value is -1.94. The summed E-state index contributed by atoms with van der Waals surface area (Å²) in [4.78, 5) is 6.23. The van der Waals surface area contributed by atoms with Crippen LogP contribution >= 0.6 is 0 Å². The van der Waals surface area contributed by atoms with Crippen LogP contribution in [0.3, 0.4) is 0 Å². The molecule has 0 saturated heterocycles. The van der Waals surface area contributed by atoms with Crippen LogP contribution in [-0.2, 0) is 0 Å². The van der Waals surface area contributed by atoms with Gasteiger partial charge in [0.05, 0.1) is 12.1 Å². The number of pyridine rings is 1. The van der Waals surface area contributed by atoms with Gasteiger partial charge in [0, 0.05) is 18.8 Å². The van der Waals surface area contributed by atoms with E-state index in [9.17, 15) is 9.50 Å². The molecular weight excluding hydrogens is 255 g/mol. The van der Waals surface area contributed by atoms with E-state index in [2.05, 4.69) is 4.98 Å². The summed E-state index contributed by atoms with van der Waals surface area (Å²) in [5.41, 5.74) is 1.40. The predicted octanol–water partition coefficient (Wildman–Crippen LogP) is 3.47. The highest BCUT2D eigenvalue weighted by Crippen LogP contribution is 2.26. The molecule has 1 aromatic heterocycles. The van der Waals surface area contributed by atoms with Crippen LogP contribution in [0.4, 0.5) is 10.2 Å². The van der Waals surface area contributed by atoms with Crippen molar-refractivity contribution >= 4 is 5.82 Å². The maximum Gasteiger partial charge on any atom is 0.128 e. The summed E-state index contributed by atoms with van der Waals surface area (Å²) in [7, 11) is 1.88. The number of aliphatic hydroxyl groups excluding tert-OH is 1. The van der Waals surface area contributed by atoms with E-state index < -0.39 is 6.10 Å². The molecule has 2 rings (SSSR count). The number of benzene rings is 1. The van der Waals surface area contributed by atoms with Crippen molar-refractivity contribution in [2.24, 2.45) is 0 Å². The Kier molecular flexibility index (Phi) is 4.35. The maximum absolute atomic E-state index is 13.8. The fourth-order valence-electron chi connectivity index (χ4n) is 2.07. The first-order valence-corrected chi connectivity index (χ1v) is 6.62. The van der Waals surface area contributed by atoms with Crippen LogP contribution < -0.4 is 4.90 Å². The molecule has 0 fully saturated rings. The van der Waals surface area contributed by atoms with Crippen molar-refractivity contribution in [3.63, 3.8) is 0 Å². The minimum absolute atomic E-state index is 0.124. The summed E-state index contributed by atoms with van der Waals surface area (Å²) in [6, 6.07) is 10.3. The van der Waals surface area contributed by atoms with Crippen LogP contribution in [0.2, 0.25) is 0 Å². The zero-order valence-electron chi connectivity index (χ0n) is 11.9. The predicted molar refractivity (Wildman–Crippen MR) is 78.1 cm³/mol. The third kappa shape index (κ3) is 2.96. The summed E-state index contributed by atoms with van der Waals surface area (Å²) in [6.45, 7) is 3.63. The number of hydrogen-bond acceptors (Lipinski definition) is 3. The topological polar surface area (TPSA) is 36.4 Å². The zero-order valence-corrected chi connectivity index (χ0v) is 11.9. The number of aliphatic hydroxyl groups is 1. The Bertz CT molecular complexity index is 569. The van der Waals surface area contributed by atoms with Gasteiger partial charge in [-0.2, -0.15) is 0 Å². The van der Waals surface area contributed by atoms with Gasteiger partial charge in [-0.05, 0) is 31.5 Å². The second-order valence-corrected chi connectivity index (χ2v) is 4.93. The fourth-order valence-corrected chi connectivity index (χ4v) is 2.07. The van der Waals surface area contributed by atoms with E-state index in [1.54, 1.807) is 25.3 Å². The molecule has 4 heteroatoms. The molecule has 2 aromatic rings. The number of anilines is 1. The zero-order chi connectivity index (χ0) is 14.7. The lowest BCUT2D eigenvalue weighted by Gasteiger charge is -2.26. The molecular formula is C16H19FN2O. The molecule has 0 aliphatic heterocycles. The van der Waals surface area contributed by atoms with Gasteiger partial charge in [-0.25, -0.2) is 9.37 Å². The molecule has 2 atom stereocenters. The Labute approximate surface area is 118 Å². The highest BCUT2D eigenvalue weighted by molar-refractivity contribution is 5.42. The van der Waals surface area contributed by atoms with Gasteiger partial charge in [0.1, 0.15) is 11.6 Å². The lowest BCUT2D eigenvalue weighted by molar-refractivity contribution is 0.199. The molecule has 0 bridgehead atoms. The molecule has 20 heavy (non-hydrogen) atoms. The van der Waals surface area contributed by atoms with Gasteiger partial charge in [-0.1, -0.05) is 24.3 Å². The van der Waals surface area contributed by atoms with Crippen LogP contribution in [0, 0.1) is 5.82 Å². The van der Waals surface area contributed by atoms with Crippen molar-refractivity contribution in [2.75, 3.05) is 11.9 Å². The van der Waals surface area contributed by atoms with E-state index >= 15 is 0 Å². The third-order valence-electron chi connectivity index (χ3n) is 3.55. The minimum Gasteiger partial charge on any atom is -0.389 e. The number of nitrogens with zero attached hydrogens (tertiary/aromatic N) is 2. The normalized spacial score (nSPS) is 13.8. The maximum atomic E-state index is 13.8. The average molecular weight is 274 g/mol. The highest BCUT2D eigenvalue weighted by Gasteiger charge is 2.16. The van der Waals surface area contributed by atoms with Crippen molar-refractivity contribution in [2.45, 2.75) is 26.0 Å². The Balaban J connectivity index is 2.22. The quantitative estimate of drug-likeness (QED) is 0.927. The lowest BCUT2D eigenvalue weighted by Crippen LogP contribution is -2.23. The van der Waals surface area contributed by atoms with Gasteiger partial charge in [0.25, 0.3) is 0 Å². The molecule has 1 aromatic carbocycles. The SMILES string of the molecule is CC(c1ccccc1F)N(C)c1ccc([C@@H](C)O)cn1. The lowest BCUT2D eigenvalue weighted by atomic mass is 10.1. The van der Waals surface area contributed by atoms with Crippen LogP contribution in [0.15, 0.2) is 42.6 Å². The molecule has 0 aliphatic carbocycles. The molecule has 0 aliphatic rings. The summed E-state index contributed by atoms with van der Waals surface area (Å²) < 4.78 is 13.8. The summed E-state index contributed by atoms with van der Waals surface area (Å²) in [5, 5.41) is 9.47. The first kappa shape index (κ1) is 14.5. The molecule has 3 nitrogen and oxygen atoms in total. The van der Waals surface area contributed by atoms with Gasteiger partial charge in [0.2, 0.25) is 0 Å². The summed E-state index contributed by atoms with van der Waals surface area (Å²) in [5.74, 6) is 0.526. The number of hydrogen-bond donors (Lipinski definition) is 1. The van der Waals surface area contributed by atoms with Crippen molar-refractivity contribution in [1.82, 2.24) is 4.98 Å². The summed E-state index contributed by atoms with van der Waals surface area (Å²) in [6.07, 6.45) is 1.11. The second-order valence-electron chi connectivity index (χ2n) is 4.93. The Morgan fingerprint density at radius 2 is 1.85 bits per heavy atom. The van der Waals surface area contributed by atoms with Gasteiger partial charge in [-0.3, -0.25) is 0 Å². The largest absolute Gasteiger partial charge is 0.389 e. The first-order chi connectivity index (χ1) is 9.50. The van der Waals surface area contributed by atoms with E-state index in [-0.39, 0.29) is 11.9 Å². The number of halogens is 1. The molecule has 1 unspecified atom stereocenters. The Morgan fingerprint density at radius 3 is 2.40 bits per heavy atom. The van der Waals surface area contributed by atoms with E-state index in [1.165, 1.54) is 6.07 Å². The van der Waals surface area contributed by atoms with E-state index in [1.807, 2.05) is 37.1 Å². The Morgan fingerprint density at radius 1 is 1.15 bits per heavy atom. The minimum atomic E-state index is -0.536. The molecule has 0 saturated carbocycles. The molecule has 0 spiro atoms. The van der Waals surface area contributed by atoms with Crippen molar-refractivity contribution in [3.05, 3.63) is 59.5 Å². The second kappa shape index (κ2) is 6.01. The van der Waals surface area contributed by atoms with Gasteiger partial charge in [-0.15, -0.1) is 0 Å².